The number of phenols is 1. The van der Waals surface area contributed by atoms with Crippen molar-refractivity contribution in [2.45, 2.75) is 0 Å². The van der Waals surface area contributed by atoms with Crippen LogP contribution in [0.15, 0.2) is 12.1 Å². The number of benzene rings is 1. The Morgan fingerprint density at radius 2 is 2.23 bits per heavy atom. The van der Waals surface area contributed by atoms with Crippen molar-refractivity contribution in [3.8, 4) is 17.2 Å². The van der Waals surface area contributed by atoms with E-state index in [1.165, 1.54) is 6.07 Å². The van der Waals surface area contributed by atoms with Gasteiger partial charge < -0.3 is 14.6 Å². The lowest BCUT2D eigenvalue weighted by molar-refractivity contribution is -0.385. The molecule has 0 saturated carbocycles. The van der Waals surface area contributed by atoms with Crippen molar-refractivity contribution in [2.24, 2.45) is 0 Å². The molecule has 0 saturated heterocycles. The molecule has 0 aliphatic carbocycles. The highest BCUT2D eigenvalue weighted by molar-refractivity contribution is 5.60. The summed E-state index contributed by atoms with van der Waals surface area (Å²) in [5.41, 5.74) is -0.285. The molecule has 6 heteroatoms. The third-order valence-corrected chi connectivity index (χ3v) is 1.63. The molecule has 0 aromatic heterocycles. The third-order valence-electron chi connectivity index (χ3n) is 1.63. The van der Waals surface area contributed by atoms with Crippen molar-refractivity contribution < 1.29 is 19.5 Å². The predicted molar refractivity (Wildman–Crippen MR) is 40.9 cm³/mol. The number of aromatic hydroxyl groups is 1. The monoisotopic (exact) mass is 183 g/mol. The van der Waals surface area contributed by atoms with E-state index in [0.29, 0.717) is 0 Å². The number of hydrogen-bond donors (Lipinski definition) is 1. The molecule has 1 aliphatic rings. The molecule has 0 unspecified atom stereocenters. The van der Waals surface area contributed by atoms with Crippen molar-refractivity contribution >= 4 is 5.69 Å². The van der Waals surface area contributed by atoms with Crippen LogP contribution in [0.1, 0.15) is 0 Å². The third kappa shape index (κ3) is 1.12. The molecule has 0 amide bonds. The second kappa shape index (κ2) is 2.51. The lowest BCUT2D eigenvalue weighted by atomic mass is 10.2. The quantitative estimate of drug-likeness (QED) is 0.519. The summed E-state index contributed by atoms with van der Waals surface area (Å²) < 4.78 is 9.75. The van der Waals surface area contributed by atoms with Gasteiger partial charge in [0.05, 0.1) is 11.0 Å². The second-order valence-electron chi connectivity index (χ2n) is 2.46. The van der Waals surface area contributed by atoms with E-state index >= 15 is 0 Å². The molecule has 1 N–H and O–H groups in total. The standard InChI is InChI=1S/C7H5NO5/c9-4-1-5(8(10)11)7-6(2-4)12-3-13-7/h1-2,9H,3H2. The van der Waals surface area contributed by atoms with E-state index in [9.17, 15) is 10.1 Å². The van der Waals surface area contributed by atoms with E-state index < -0.39 is 4.92 Å². The fourth-order valence-corrected chi connectivity index (χ4v) is 1.11. The van der Waals surface area contributed by atoms with Crippen molar-refractivity contribution in [3.05, 3.63) is 22.2 Å². The molecule has 0 atom stereocenters. The van der Waals surface area contributed by atoms with Crippen molar-refractivity contribution in [3.63, 3.8) is 0 Å². The molecular weight excluding hydrogens is 178 g/mol. The Morgan fingerprint density at radius 1 is 1.46 bits per heavy atom. The van der Waals surface area contributed by atoms with Gasteiger partial charge in [-0.05, 0) is 0 Å². The summed E-state index contributed by atoms with van der Waals surface area (Å²) in [4.78, 5) is 9.84. The molecule has 1 heterocycles. The Hall–Kier alpha value is -1.98. The molecule has 6 nitrogen and oxygen atoms in total. The highest BCUT2D eigenvalue weighted by atomic mass is 16.7. The van der Waals surface area contributed by atoms with Gasteiger partial charge in [-0.2, -0.15) is 0 Å². The van der Waals surface area contributed by atoms with Gasteiger partial charge >= 0.3 is 5.69 Å². The summed E-state index contributed by atoms with van der Waals surface area (Å²) in [5.74, 6) is 0.0606. The summed E-state index contributed by atoms with van der Waals surface area (Å²) in [5, 5.41) is 19.6. The van der Waals surface area contributed by atoms with Crippen LogP contribution in [0.4, 0.5) is 5.69 Å². The van der Waals surface area contributed by atoms with E-state index in [1.54, 1.807) is 0 Å². The SMILES string of the molecule is O=[N+]([O-])c1cc(O)cc2c1OCO2. The average Bonchev–Trinajstić information content (AvgIpc) is 2.49. The van der Waals surface area contributed by atoms with Crippen molar-refractivity contribution in [1.29, 1.82) is 0 Å². The van der Waals surface area contributed by atoms with Crippen LogP contribution in [0.25, 0.3) is 0 Å². The van der Waals surface area contributed by atoms with E-state index in [2.05, 4.69) is 0 Å². The van der Waals surface area contributed by atoms with Gasteiger partial charge in [0.15, 0.2) is 5.75 Å². The van der Waals surface area contributed by atoms with Crippen LogP contribution in [-0.4, -0.2) is 16.8 Å². The van der Waals surface area contributed by atoms with Crippen LogP contribution >= 0.6 is 0 Å². The van der Waals surface area contributed by atoms with Crippen molar-refractivity contribution in [1.82, 2.24) is 0 Å². The number of rotatable bonds is 1. The normalized spacial score (nSPS) is 12.9. The minimum Gasteiger partial charge on any atom is -0.508 e. The smallest absolute Gasteiger partial charge is 0.318 e. The fraction of sp³-hybridized carbons (Fsp3) is 0.143. The first-order chi connectivity index (χ1) is 6.18. The van der Waals surface area contributed by atoms with Crippen LogP contribution in [0.3, 0.4) is 0 Å². The maximum Gasteiger partial charge on any atom is 0.318 e. The van der Waals surface area contributed by atoms with Gasteiger partial charge in [-0.15, -0.1) is 0 Å². The van der Waals surface area contributed by atoms with E-state index in [4.69, 9.17) is 14.6 Å². The Balaban J connectivity index is 2.62. The maximum atomic E-state index is 10.5. The summed E-state index contributed by atoms with van der Waals surface area (Å²) in [6.45, 7) is -0.0559. The number of fused-ring (bicyclic) bond motifs is 1. The zero-order valence-corrected chi connectivity index (χ0v) is 6.39. The van der Waals surface area contributed by atoms with Crippen LogP contribution in [0.2, 0.25) is 0 Å². The second-order valence-corrected chi connectivity index (χ2v) is 2.46. The number of nitro benzene ring substituents is 1. The van der Waals surface area contributed by atoms with E-state index in [0.717, 1.165) is 6.07 Å². The molecule has 1 aliphatic heterocycles. The van der Waals surface area contributed by atoms with Gasteiger partial charge in [-0.3, -0.25) is 10.1 Å². The number of nitro groups is 1. The van der Waals surface area contributed by atoms with Gasteiger partial charge in [0.2, 0.25) is 12.5 Å². The van der Waals surface area contributed by atoms with Gasteiger partial charge in [0, 0.05) is 6.07 Å². The summed E-state index contributed by atoms with van der Waals surface area (Å²) in [6.07, 6.45) is 0. The molecule has 0 radical (unpaired) electrons. The lowest BCUT2D eigenvalue weighted by Crippen LogP contribution is -1.94. The lowest BCUT2D eigenvalue weighted by Gasteiger charge is -1.98. The van der Waals surface area contributed by atoms with E-state index in [1.807, 2.05) is 0 Å². The van der Waals surface area contributed by atoms with Crippen LogP contribution in [0.5, 0.6) is 17.2 Å². The molecule has 0 spiro atoms. The number of nitrogens with zero attached hydrogens (tertiary/aromatic N) is 1. The highest BCUT2D eigenvalue weighted by Gasteiger charge is 2.26. The molecule has 0 bridgehead atoms. The Morgan fingerprint density at radius 3 is 2.92 bits per heavy atom. The van der Waals surface area contributed by atoms with Crippen molar-refractivity contribution in [2.75, 3.05) is 6.79 Å². The maximum absolute atomic E-state index is 10.5. The average molecular weight is 183 g/mol. The summed E-state index contributed by atoms with van der Waals surface area (Å²) in [7, 11) is 0. The van der Waals surface area contributed by atoms with Gasteiger partial charge in [-0.1, -0.05) is 0 Å². The number of hydrogen-bond acceptors (Lipinski definition) is 5. The minimum absolute atomic E-state index is 0.0559. The zero-order valence-electron chi connectivity index (χ0n) is 6.39. The number of ether oxygens (including phenoxy) is 2. The highest BCUT2D eigenvalue weighted by Crippen LogP contribution is 2.43. The predicted octanol–water partition coefficient (Wildman–Crippen LogP) is 1.03. The van der Waals surface area contributed by atoms with Crippen LogP contribution in [0, 0.1) is 10.1 Å². The molecular formula is C7H5NO5. The van der Waals surface area contributed by atoms with Gasteiger partial charge in [0.25, 0.3) is 0 Å². The summed E-state index contributed by atoms with van der Waals surface area (Å²) in [6, 6.07) is 2.29. The first kappa shape index (κ1) is 7.66. The fourth-order valence-electron chi connectivity index (χ4n) is 1.11. The zero-order chi connectivity index (χ0) is 9.42. The summed E-state index contributed by atoms with van der Waals surface area (Å²) >= 11 is 0. The molecule has 13 heavy (non-hydrogen) atoms. The molecule has 1 aromatic carbocycles. The number of phenolic OH excluding ortho intramolecular Hbond substituents is 1. The molecule has 2 rings (SSSR count). The molecule has 0 fully saturated rings. The first-order valence-corrected chi connectivity index (χ1v) is 3.45. The topological polar surface area (TPSA) is 81.8 Å². The Labute approximate surface area is 72.5 Å². The Bertz CT molecular complexity index is 375. The molecule has 68 valence electrons. The van der Waals surface area contributed by atoms with Gasteiger partial charge in [0.1, 0.15) is 5.75 Å². The van der Waals surface area contributed by atoms with Crippen LogP contribution < -0.4 is 9.47 Å². The van der Waals surface area contributed by atoms with E-state index in [-0.39, 0.29) is 29.7 Å². The van der Waals surface area contributed by atoms with Gasteiger partial charge in [-0.25, -0.2) is 0 Å². The minimum atomic E-state index is -0.632. The Kier molecular flexibility index (Phi) is 1.48. The first-order valence-electron chi connectivity index (χ1n) is 3.45. The van der Waals surface area contributed by atoms with Crippen LogP contribution in [-0.2, 0) is 0 Å². The molecule has 1 aromatic rings. The largest absolute Gasteiger partial charge is 0.508 e.